The normalized spacial score (nSPS) is 17.8. The van der Waals surface area contributed by atoms with Crippen molar-refractivity contribution in [2.24, 2.45) is 5.16 Å². The monoisotopic (exact) mass is 250 g/mol. The Balaban J connectivity index is 1.82. The molecule has 2 heterocycles. The van der Waals surface area contributed by atoms with Crippen LogP contribution in [0.1, 0.15) is 12.1 Å². The Hall–Kier alpha value is -2.51. The number of hydrogen-bond donors (Lipinski definition) is 2. The van der Waals surface area contributed by atoms with Crippen molar-refractivity contribution in [2.75, 3.05) is 0 Å². The topological polar surface area (TPSA) is 114 Å². The molecular weight excluding hydrogens is 240 g/mol. The first-order valence-electron chi connectivity index (χ1n) is 5.15. The molecule has 0 radical (unpaired) electrons. The fourth-order valence-corrected chi connectivity index (χ4v) is 1.36. The number of nitrogens with zero attached hydrogens (tertiary/aromatic N) is 3. The Labute approximate surface area is 102 Å². The SMILES string of the molecule is O=C(O)C1=NOC(C(=O)NCc2ccncn2)C1. The molecule has 8 nitrogen and oxygen atoms in total. The number of carbonyl (C=O) groups excluding carboxylic acids is 1. The summed E-state index contributed by atoms with van der Waals surface area (Å²) in [5.41, 5.74) is 0.493. The minimum absolute atomic E-state index is 0.0368. The molecule has 1 unspecified atom stereocenters. The summed E-state index contributed by atoms with van der Waals surface area (Å²) in [6, 6.07) is 1.66. The zero-order valence-electron chi connectivity index (χ0n) is 9.24. The smallest absolute Gasteiger partial charge is 0.353 e. The zero-order chi connectivity index (χ0) is 13.0. The van der Waals surface area contributed by atoms with Gasteiger partial charge in [0.15, 0.2) is 5.71 Å². The number of carboxylic acids is 1. The summed E-state index contributed by atoms with van der Waals surface area (Å²) in [6.45, 7) is 0.226. The second kappa shape index (κ2) is 5.21. The Morgan fingerprint density at radius 3 is 3.00 bits per heavy atom. The van der Waals surface area contributed by atoms with Crippen LogP contribution in [0.15, 0.2) is 23.7 Å². The number of rotatable bonds is 4. The maximum Gasteiger partial charge on any atom is 0.353 e. The van der Waals surface area contributed by atoms with Crippen LogP contribution in [0.25, 0.3) is 0 Å². The minimum Gasteiger partial charge on any atom is -0.477 e. The first kappa shape index (κ1) is 12.0. The molecular formula is C10H10N4O4. The van der Waals surface area contributed by atoms with Gasteiger partial charge in [-0.2, -0.15) is 0 Å². The van der Waals surface area contributed by atoms with Crippen LogP contribution in [-0.4, -0.2) is 38.8 Å². The fraction of sp³-hybridized carbons (Fsp3) is 0.300. The van der Waals surface area contributed by atoms with Crippen LogP contribution in [-0.2, 0) is 21.0 Å². The van der Waals surface area contributed by atoms with Crippen molar-refractivity contribution in [1.82, 2.24) is 15.3 Å². The van der Waals surface area contributed by atoms with E-state index < -0.39 is 18.0 Å². The third-order valence-electron chi connectivity index (χ3n) is 2.30. The van der Waals surface area contributed by atoms with Gasteiger partial charge in [0, 0.05) is 12.6 Å². The molecule has 0 saturated heterocycles. The van der Waals surface area contributed by atoms with Crippen LogP contribution in [0.5, 0.6) is 0 Å². The number of aliphatic carboxylic acids is 1. The molecule has 2 rings (SSSR count). The molecule has 1 aromatic rings. The van der Waals surface area contributed by atoms with Crippen molar-refractivity contribution < 1.29 is 19.5 Å². The Morgan fingerprint density at radius 1 is 1.56 bits per heavy atom. The van der Waals surface area contributed by atoms with Crippen molar-refractivity contribution in [3.63, 3.8) is 0 Å². The lowest BCUT2D eigenvalue weighted by Crippen LogP contribution is -2.35. The molecule has 1 aliphatic heterocycles. The van der Waals surface area contributed by atoms with Crippen LogP contribution in [0.3, 0.4) is 0 Å². The van der Waals surface area contributed by atoms with Crippen LogP contribution in [0.2, 0.25) is 0 Å². The van der Waals surface area contributed by atoms with Gasteiger partial charge < -0.3 is 15.3 Å². The lowest BCUT2D eigenvalue weighted by molar-refractivity contribution is -0.131. The zero-order valence-corrected chi connectivity index (χ0v) is 9.24. The highest BCUT2D eigenvalue weighted by Gasteiger charge is 2.31. The average molecular weight is 250 g/mol. The van der Waals surface area contributed by atoms with Crippen molar-refractivity contribution in [3.8, 4) is 0 Å². The van der Waals surface area contributed by atoms with Gasteiger partial charge in [0.05, 0.1) is 12.2 Å². The van der Waals surface area contributed by atoms with Crippen molar-refractivity contribution in [1.29, 1.82) is 0 Å². The molecule has 2 N–H and O–H groups in total. The van der Waals surface area contributed by atoms with Gasteiger partial charge in [-0.1, -0.05) is 5.16 Å². The van der Waals surface area contributed by atoms with Crippen molar-refractivity contribution in [2.45, 2.75) is 19.1 Å². The minimum atomic E-state index is -1.18. The van der Waals surface area contributed by atoms with Gasteiger partial charge in [0.2, 0.25) is 6.10 Å². The fourth-order valence-electron chi connectivity index (χ4n) is 1.36. The van der Waals surface area contributed by atoms with Gasteiger partial charge in [-0.3, -0.25) is 4.79 Å². The summed E-state index contributed by atoms with van der Waals surface area (Å²) in [6.07, 6.45) is 2.01. The summed E-state index contributed by atoms with van der Waals surface area (Å²) in [7, 11) is 0. The summed E-state index contributed by atoms with van der Waals surface area (Å²) in [4.78, 5) is 34.6. The van der Waals surface area contributed by atoms with E-state index in [1.165, 1.54) is 6.33 Å². The Morgan fingerprint density at radius 2 is 2.39 bits per heavy atom. The van der Waals surface area contributed by atoms with E-state index in [2.05, 4.69) is 20.4 Å². The van der Waals surface area contributed by atoms with Crippen molar-refractivity contribution >= 4 is 17.6 Å². The van der Waals surface area contributed by atoms with E-state index >= 15 is 0 Å². The van der Waals surface area contributed by atoms with E-state index in [9.17, 15) is 9.59 Å². The third-order valence-corrected chi connectivity index (χ3v) is 2.30. The second-order valence-electron chi connectivity index (χ2n) is 3.56. The number of nitrogens with one attached hydrogen (secondary N) is 1. The molecule has 0 bridgehead atoms. The summed E-state index contributed by atoms with van der Waals surface area (Å²) >= 11 is 0. The molecule has 8 heteroatoms. The third kappa shape index (κ3) is 2.78. The maximum atomic E-state index is 11.6. The van der Waals surface area contributed by atoms with Crippen molar-refractivity contribution in [3.05, 3.63) is 24.3 Å². The quantitative estimate of drug-likeness (QED) is 0.732. The molecule has 18 heavy (non-hydrogen) atoms. The first-order valence-corrected chi connectivity index (χ1v) is 5.15. The van der Waals surface area contributed by atoms with E-state index in [1.807, 2.05) is 0 Å². The van der Waals surface area contributed by atoms with Gasteiger partial charge in [-0.25, -0.2) is 14.8 Å². The van der Waals surface area contributed by atoms with E-state index in [0.717, 1.165) is 0 Å². The highest BCUT2D eigenvalue weighted by Crippen LogP contribution is 2.10. The summed E-state index contributed by atoms with van der Waals surface area (Å²) in [5.74, 6) is -1.60. The highest BCUT2D eigenvalue weighted by atomic mass is 16.6. The molecule has 0 aromatic carbocycles. The van der Waals surface area contributed by atoms with Gasteiger partial charge in [0.25, 0.3) is 5.91 Å². The molecule has 1 aliphatic rings. The maximum absolute atomic E-state index is 11.6. The first-order chi connectivity index (χ1) is 8.66. The van der Waals surface area contributed by atoms with Gasteiger partial charge in [-0.15, -0.1) is 0 Å². The van der Waals surface area contributed by atoms with E-state index in [-0.39, 0.29) is 18.7 Å². The predicted molar refractivity (Wildman–Crippen MR) is 58.4 cm³/mol. The second-order valence-corrected chi connectivity index (χ2v) is 3.56. The lowest BCUT2D eigenvalue weighted by atomic mass is 10.1. The Bertz CT molecular complexity index is 488. The number of amides is 1. The number of carboxylic acid groups (broad SMARTS) is 1. The highest BCUT2D eigenvalue weighted by molar-refractivity contribution is 6.36. The van der Waals surface area contributed by atoms with Crippen LogP contribution >= 0.6 is 0 Å². The van der Waals surface area contributed by atoms with Crippen LogP contribution < -0.4 is 5.32 Å². The molecule has 94 valence electrons. The van der Waals surface area contributed by atoms with E-state index in [0.29, 0.717) is 5.69 Å². The lowest BCUT2D eigenvalue weighted by Gasteiger charge is -2.08. The number of oxime groups is 1. The molecule has 0 aliphatic carbocycles. The molecule has 0 saturated carbocycles. The van der Waals surface area contributed by atoms with Crippen LogP contribution in [0, 0.1) is 0 Å². The van der Waals surface area contributed by atoms with E-state index in [1.54, 1.807) is 12.3 Å². The van der Waals surface area contributed by atoms with Crippen LogP contribution in [0.4, 0.5) is 0 Å². The molecule has 1 aromatic heterocycles. The number of carbonyl (C=O) groups is 2. The molecule has 1 amide bonds. The predicted octanol–water partition coefficient (Wildman–Crippen LogP) is -0.678. The van der Waals surface area contributed by atoms with Gasteiger partial charge in [0.1, 0.15) is 6.33 Å². The van der Waals surface area contributed by atoms with E-state index in [4.69, 9.17) is 9.94 Å². The standard InChI is InChI=1S/C10H10N4O4/c15-9(8-3-7(10(16)17)14-18-8)12-4-6-1-2-11-5-13-6/h1-2,5,8H,3-4H2,(H,12,15)(H,16,17). The Kier molecular flexibility index (Phi) is 3.46. The number of aromatic nitrogens is 2. The summed E-state index contributed by atoms with van der Waals surface area (Å²) < 4.78 is 0. The molecule has 1 atom stereocenters. The molecule has 0 fully saturated rings. The number of hydrogen-bond acceptors (Lipinski definition) is 6. The molecule has 0 spiro atoms. The summed E-state index contributed by atoms with van der Waals surface area (Å²) in [5, 5.41) is 14.6. The largest absolute Gasteiger partial charge is 0.477 e. The average Bonchev–Trinajstić information content (AvgIpc) is 2.87. The van der Waals surface area contributed by atoms with Gasteiger partial charge in [-0.05, 0) is 6.07 Å². The van der Waals surface area contributed by atoms with Gasteiger partial charge >= 0.3 is 5.97 Å².